The Morgan fingerprint density at radius 2 is 1.81 bits per heavy atom. The fourth-order valence-electron chi connectivity index (χ4n) is 2.84. The molecule has 1 amide bonds. The molecular weight excluding hydrogens is 286 g/mol. The number of benzene rings is 1. The Bertz CT molecular complexity index is 592. The van der Waals surface area contributed by atoms with Crippen LogP contribution in [0, 0.1) is 5.92 Å². The van der Waals surface area contributed by atoms with Crippen molar-refractivity contribution in [1.82, 2.24) is 5.32 Å². The third kappa shape index (κ3) is 4.84. The van der Waals surface area contributed by atoms with Crippen molar-refractivity contribution in [3.8, 4) is 0 Å². The van der Waals surface area contributed by atoms with Crippen LogP contribution in [0.2, 0.25) is 0 Å². The Kier molecular flexibility index (Phi) is 5.04. The molecule has 2 atom stereocenters. The molecule has 116 valence electrons. The molecule has 4 nitrogen and oxygen atoms in total. The predicted octanol–water partition coefficient (Wildman–Crippen LogP) is 2.54. The maximum absolute atomic E-state index is 12.2. The third-order valence-corrected chi connectivity index (χ3v) is 4.93. The van der Waals surface area contributed by atoms with Crippen molar-refractivity contribution in [2.45, 2.75) is 44.4 Å². The van der Waals surface area contributed by atoms with Crippen molar-refractivity contribution in [2.75, 3.05) is 6.26 Å². The molecule has 0 heterocycles. The summed E-state index contributed by atoms with van der Waals surface area (Å²) in [6.45, 7) is 2.18. The van der Waals surface area contributed by atoms with Gasteiger partial charge in [-0.3, -0.25) is 4.79 Å². The number of amides is 1. The lowest BCUT2D eigenvalue weighted by Gasteiger charge is -2.29. The quantitative estimate of drug-likeness (QED) is 0.929. The highest BCUT2D eigenvalue weighted by atomic mass is 32.2. The molecule has 0 bridgehead atoms. The number of sulfone groups is 1. The van der Waals surface area contributed by atoms with Gasteiger partial charge in [0, 0.05) is 17.9 Å². The van der Waals surface area contributed by atoms with Gasteiger partial charge in [-0.05, 0) is 36.5 Å². The second-order valence-corrected chi connectivity index (χ2v) is 8.25. The molecule has 2 unspecified atom stereocenters. The van der Waals surface area contributed by atoms with Gasteiger partial charge < -0.3 is 5.32 Å². The summed E-state index contributed by atoms with van der Waals surface area (Å²) in [5.41, 5.74) is 1.30. The first-order valence-corrected chi connectivity index (χ1v) is 9.49. The summed E-state index contributed by atoms with van der Waals surface area (Å²) in [4.78, 5) is 12.2. The number of nitrogens with one attached hydrogen (secondary N) is 1. The number of hydrogen-bond acceptors (Lipinski definition) is 3. The average Bonchev–Trinajstić information content (AvgIpc) is 2.40. The van der Waals surface area contributed by atoms with Crippen molar-refractivity contribution in [3.05, 3.63) is 35.4 Å². The Labute approximate surface area is 126 Å². The van der Waals surface area contributed by atoms with Crippen molar-refractivity contribution < 1.29 is 13.2 Å². The lowest BCUT2D eigenvalue weighted by atomic mass is 9.86. The van der Waals surface area contributed by atoms with Crippen LogP contribution >= 0.6 is 0 Å². The van der Waals surface area contributed by atoms with Crippen LogP contribution in [0.5, 0.6) is 0 Å². The highest BCUT2D eigenvalue weighted by Gasteiger charge is 2.23. The van der Waals surface area contributed by atoms with E-state index in [2.05, 4.69) is 12.2 Å². The zero-order valence-corrected chi connectivity index (χ0v) is 13.4. The molecule has 1 saturated carbocycles. The fraction of sp³-hybridized carbons (Fsp3) is 0.562. The van der Waals surface area contributed by atoms with E-state index in [1.807, 2.05) is 0 Å². The van der Waals surface area contributed by atoms with Crippen molar-refractivity contribution in [3.63, 3.8) is 0 Å². The molecule has 0 aromatic heterocycles. The van der Waals surface area contributed by atoms with E-state index >= 15 is 0 Å². The van der Waals surface area contributed by atoms with Gasteiger partial charge in [0.1, 0.15) is 0 Å². The predicted molar refractivity (Wildman–Crippen MR) is 83.9 cm³/mol. The van der Waals surface area contributed by atoms with Crippen LogP contribution in [0.15, 0.2) is 24.3 Å². The normalized spacial score (nSPS) is 22.8. The number of rotatable bonds is 4. The molecule has 2 rings (SSSR count). The average molecular weight is 309 g/mol. The summed E-state index contributed by atoms with van der Waals surface area (Å²) in [7, 11) is -3.04. The largest absolute Gasteiger partial charge is 0.349 e. The maximum Gasteiger partial charge on any atom is 0.251 e. The summed E-state index contributed by atoms with van der Waals surface area (Å²) in [5.74, 6) is 0.459. The Morgan fingerprint density at radius 3 is 2.38 bits per heavy atom. The summed E-state index contributed by atoms with van der Waals surface area (Å²) in [6.07, 6.45) is 5.83. The van der Waals surface area contributed by atoms with Gasteiger partial charge in [0.15, 0.2) is 9.84 Å². The Balaban J connectivity index is 1.99. The minimum atomic E-state index is -3.04. The summed E-state index contributed by atoms with van der Waals surface area (Å²) in [6, 6.07) is 7.06. The van der Waals surface area contributed by atoms with E-state index in [1.165, 1.54) is 19.1 Å². The van der Waals surface area contributed by atoms with Gasteiger partial charge in [0.25, 0.3) is 5.91 Å². The molecule has 0 saturated heterocycles. The van der Waals surface area contributed by atoms with Gasteiger partial charge in [0.05, 0.1) is 5.75 Å². The lowest BCUT2D eigenvalue weighted by Crippen LogP contribution is -2.41. The first-order valence-electron chi connectivity index (χ1n) is 7.43. The van der Waals surface area contributed by atoms with Crippen LogP contribution in [-0.4, -0.2) is 26.6 Å². The van der Waals surface area contributed by atoms with Gasteiger partial charge >= 0.3 is 0 Å². The van der Waals surface area contributed by atoms with Gasteiger partial charge in [-0.25, -0.2) is 8.42 Å². The maximum atomic E-state index is 12.2. The van der Waals surface area contributed by atoms with Gasteiger partial charge in [-0.2, -0.15) is 0 Å². The second kappa shape index (κ2) is 6.60. The standard InChI is InChI=1S/C16H23NO3S/c1-12-5-3-4-6-15(12)17-16(18)14-9-7-13(8-10-14)11-21(2,19)20/h7-10,12,15H,3-6,11H2,1-2H3,(H,17,18). The minimum Gasteiger partial charge on any atom is -0.349 e. The zero-order valence-electron chi connectivity index (χ0n) is 12.6. The smallest absolute Gasteiger partial charge is 0.251 e. The third-order valence-electron chi connectivity index (χ3n) is 4.07. The monoisotopic (exact) mass is 309 g/mol. The van der Waals surface area contributed by atoms with Crippen LogP contribution in [-0.2, 0) is 15.6 Å². The van der Waals surface area contributed by atoms with Crippen molar-refractivity contribution in [1.29, 1.82) is 0 Å². The molecule has 1 aromatic carbocycles. The molecule has 1 aliphatic carbocycles. The van der Waals surface area contributed by atoms with E-state index < -0.39 is 9.84 Å². The second-order valence-electron chi connectivity index (χ2n) is 6.11. The van der Waals surface area contributed by atoms with E-state index in [-0.39, 0.29) is 17.7 Å². The highest BCUT2D eigenvalue weighted by Crippen LogP contribution is 2.24. The molecule has 0 aliphatic heterocycles. The lowest BCUT2D eigenvalue weighted by molar-refractivity contribution is 0.0910. The molecular formula is C16H23NO3S. The fourth-order valence-corrected chi connectivity index (χ4v) is 3.64. The molecule has 21 heavy (non-hydrogen) atoms. The van der Waals surface area contributed by atoms with Crippen LogP contribution < -0.4 is 5.32 Å². The van der Waals surface area contributed by atoms with E-state index in [0.29, 0.717) is 17.0 Å². The number of hydrogen-bond donors (Lipinski definition) is 1. The van der Waals surface area contributed by atoms with Crippen LogP contribution in [0.3, 0.4) is 0 Å². The van der Waals surface area contributed by atoms with E-state index in [4.69, 9.17) is 0 Å². The van der Waals surface area contributed by atoms with E-state index in [9.17, 15) is 13.2 Å². The van der Waals surface area contributed by atoms with Gasteiger partial charge in [-0.15, -0.1) is 0 Å². The van der Waals surface area contributed by atoms with Crippen molar-refractivity contribution in [2.24, 2.45) is 5.92 Å². The van der Waals surface area contributed by atoms with E-state index in [1.54, 1.807) is 24.3 Å². The van der Waals surface area contributed by atoms with E-state index in [0.717, 1.165) is 12.8 Å². The van der Waals surface area contributed by atoms with Gasteiger partial charge in [-0.1, -0.05) is 31.9 Å². The van der Waals surface area contributed by atoms with Crippen LogP contribution in [0.4, 0.5) is 0 Å². The topological polar surface area (TPSA) is 63.2 Å². The number of carbonyl (C=O) groups is 1. The Morgan fingerprint density at radius 1 is 1.19 bits per heavy atom. The zero-order chi connectivity index (χ0) is 15.5. The molecule has 0 spiro atoms. The van der Waals surface area contributed by atoms with Crippen LogP contribution in [0.25, 0.3) is 0 Å². The molecule has 1 aromatic rings. The summed E-state index contributed by atoms with van der Waals surface area (Å²) in [5, 5.41) is 3.10. The van der Waals surface area contributed by atoms with Gasteiger partial charge in [0.2, 0.25) is 0 Å². The molecule has 1 N–H and O–H groups in total. The van der Waals surface area contributed by atoms with Crippen LogP contribution in [0.1, 0.15) is 48.5 Å². The van der Waals surface area contributed by atoms with Crippen molar-refractivity contribution >= 4 is 15.7 Å². The Hall–Kier alpha value is -1.36. The summed E-state index contributed by atoms with van der Waals surface area (Å²) < 4.78 is 22.5. The minimum absolute atomic E-state index is 0.00849. The SMILES string of the molecule is CC1CCCCC1NC(=O)c1ccc(CS(C)(=O)=O)cc1. The number of carbonyl (C=O) groups excluding carboxylic acids is 1. The highest BCUT2D eigenvalue weighted by molar-refractivity contribution is 7.89. The summed E-state index contributed by atoms with van der Waals surface area (Å²) >= 11 is 0. The molecule has 1 fully saturated rings. The molecule has 5 heteroatoms. The molecule has 1 aliphatic rings. The first-order chi connectivity index (χ1) is 9.85. The molecule has 0 radical (unpaired) electrons. The first kappa shape index (κ1) is 16.0.